The molecule has 0 bridgehead atoms. The maximum Gasteiger partial charge on any atom is 0.264 e. The van der Waals surface area contributed by atoms with Crippen LogP contribution in [0.4, 0.5) is 5.69 Å². The highest BCUT2D eigenvalue weighted by atomic mass is 32.2. The molecule has 1 N–H and O–H groups in total. The number of methoxy groups -OCH3 is 2. The van der Waals surface area contributed by atoms with Gasteiger partial charge >= 0.3 is 0 Å². The number of aryl methyl sites for hydroxylation is 1. The Balaban J connectivity index is 1.56. The second-order valence-electron chi connectivity index (χ2n) is 7.83. The van der Waals surface area contributed by atoms with Crippen LogP contribution >= 0.6 is 11.8 Å². The van der Waals surface area contributed by atoms with Crippen molar-refractivity contribution in [1.82, 2.24) is 5.32 Å². The Morgan fingerprint density at radius 3 is 2.23 bits per heavy atom. The number of ether oxygens (including phenoxy) is 2. The van der Waals surface area contributed by atoms with Gasteiger partial charge in [-0.3, -0.25) is 9.10 Å². The van der Waals surface area contributed by atoms with Crippen LogP contribution in [0.3, 0.4) is 0 Å². The lowest BCUT2D eigenvalue weighted by molar-refractivity contribution is 0.0956. The SMILES string of the molecule is COc1ccc(S(=O)(=O)N(C)c2ccc(C(=O)NCCSCc3ccc(C)cc3)cc2)cc1OC. The summed E-state index contributed by atoms with van der Waals surface area (Å²) < 4.78 is 37.7. The number of carbonyl (C=O) groups excluding carboxylic acids is 1. The van der Waals surface area contributed by atoms with Crippen LogP contribution in [0.25, 0.3) is 0 Å². The van der Waals surface area contributed by atoms with Gasteiger partial charge in [-0.05, 0) is 48.9 Å². The fraction of sp³-hybridized carbons (Fsp3) is 0.269. The fourth-order valence-electron chi connectivity index (χ4n) is 3.31. The van der Waals surface area contributed by atoms with E-state index in [1.807, 2.05) is 0 Å². The summed E-state index contributed by atoms with van der Waals surface area (Å²) in [4.78, 5) is 12.5. The molecule has 0 saturated heterocycles. The maximum atomic E-state index is 13.1. The number of hydrogen-bond acceptors (Lipinski definition) is 6. The minimum absolute atomic E-state index is 0.0719. The lowest BCUT2D eigenvalue weighted by Crippen LogP contribution is -2.27. The Labute approximate surface area is 211 Å². The van der Waals surface area contributed by atoms with Crippen LogP contribution in [-0.2, 0) is 15.8 Å². The van der Waals surface area contributed by atoms with Crippen molar-refractivity contribution in [2.75, 3.05) is 37.9 Å². The Morgan fingerprint density at radius 2 is 1.60 bits per heavy atom. The number of nitrogens with zero attached hydrogens (tertiary/aromatic N) is 1. The number of thioether (sulfide) groups is 1. The molecule has 35 heavy (non-hydrogen) atoms. The van der Waals surface area contributed by atoms with Gasteiger partial charge in [-0.25, -0.2) is 8.42 Å². The molecule has 1 amide bonds. The third kappa shape index (κ3) is 6.70. The monoisotopic (exact) mass is 514 g/mol. The minimum Gasteiger partial charge on any atom is -0.493 e. The molecule has 3 rings (SSSR count). The Morgan fingerprint density at radius 1 is 0.943 bits per heavy atom. The molecular formula is C26H30N2O5S2. The van der Waals surface area contributed by atoms with E-state index in [1.165, 1.54) is 44.5 Å². The summed E-state index contributed by atoms with van der Waals surface area (Å²) in [6.07, 6.45) is 0. The number of rotatable bonds is 11. The normalized spacial score (nSPS) is 11.1. The summed E-state index contributed by atoms with van der Waals surface area (Å²) in [6, 6.07) is 19.3. The summed E-state index contributed by atoms with van der Waals surface area (Å²) >= 11 is 1.76. The first-order valence-electron chi connectivity index (χ1n) is 11.0. The van der Waals surface area contributed by atoms with Crippen molar-refractivity contribution >= 4 is 33.4 Å². The van der Waals surface area contributed by atoms with Gasteiger partial charge in [0, 0.05) is 36.7 Å². The maximum absolute atomic E-state index is 13.1. The smallest absolute Gasteiger partial charge is 0.264 e. The van der Waals surface area contributed by atoms with Crippen LogP contribution in [0.2, 0.25) is 0 Å². The molecule has 3 aromatic rings. The number of amides is 1. The number of benzene rings is 3. The fourth-order valence-corrected chi connectivity index (χ4v) is 5.34. The molecule has 3 aromatic carbocycles. The predicted molar refractivity (Wildman–Crippen MR) is 141 cm³/mol. The largest absolute Gasteiger partial charge is 0.493 e. The first-order chi connectivity index (χ1) is 16.8. The first kappa shape index (κ1) is 26.4. The second-order valence-corrected chi connectivity index (χ2v) is 10.9. The lowest BCUT2D eigenvalue weighted by atomic mass is 10.2. The molecule has 0 aliphatic rings. The Hall–Kier alpha value is -3.17. The molecule has 0 aliphatic carbocycles. The summed E-state index contributed by atoms with van der Waals surface area (Å²) in [7, 11) is 0.566. The average molecular weight is 515 g/mol. The lowest BCUT2D eigenvalue weighted by Gasteiger charge is -2.20. The molecule has 186 valence electrons. The molecule has 0 spiro atoms. The molecule has 0 saturated carbocycles. The molecular weight excluding hydrogens is 484 g/mol. The van der Waals surface area contributed by atoms with Crippen molar-refractivity contribution in [3.63, 3.8) is 0 Å². The van der Waals surface area contributed by atoms with Gasteiger partial charge in [0.25, 0.3) is 15.9 Å². The van der Waals surface area contributed by atoms with Crippen LogP contribution in [-0.4, -0.2) is 47.9 Å². The molecule has 0 atom stereocenters. The molecule has 7 nitrogen and oxygen atoms in total. The highest BCUT2D eigenvalue weighted by Gasteiger charge is 2.23. The molecule has 0 unspecified atom stereocenters. The second kappa shape index (κ2) is 12.0. The summed E-state index contributed by atoms with van der Waals surface area (Å²) in [5.74, 6) is 2.26. The van der Waals surface area contributed by atoms with Gasteiger partial charge in [0.05, 0.1) is 24.8 Å². The number of sulfonamides is 1. The average Bonchev–Trinajstić information content (AvgIpc) is 2.88. The van der Waals surface area contributed by atoms with E-state index < -0.39 is 10.0 Å². The van der Waals surface area contributed by atoms with E-state index in [9.17, 15) is 13.2 Å². The van der Waals surface area contributed by atoms with E-state index in [1.54, 1.807) is 42.1 Å². The zero-order valence-electron chi connectivity index (χ0n) is 20.3. The third-order valence-corrected chi connectivity index (χ3v) is 8.24. The van der Waals surface area contributed by atoms with Gasteiger partial charge in [0.15, 0.2) is 11.5 Å². The van der Waals surface area contributed by atoms with Crippen LogP contribution < -0.4 is 19.1 Å². The summed E-state index contributed by atoms with van der Waals surface area (Å²) in [5.41, 5.74) is 3.40. The molecule has 0 radical (unpaired) electrons. The Kier molecular flexibility index (Phi) is 9.06. The highest BCUT2D eigenvalue weighted by molar-refractivity contribution is 7.98. The van der Waals surface area contributed by atoms with Gasteiger partial charge in [-0.2, -0.15) is 11.8 Å². The van der Waals surface area contributed by atoms with Crippen molar-refractivity contribution in [3.8, 4) is 11.5 Å². The molecule has 0 aliphatic heterocycles. The Bertz CT molecular complexity index is 1240. The number of carbonyl (C=O) groups is 1. The van der Waals surface area contributed by atoms with E-state index in [0.717, 1.165) is 15.8 Å². The predicted octanol–water partition coefficient (Wildman–Crippen LogP) is 4.50. The molecule has 0 heterocycles. The van der Waals surface area contributed by atoms with E-state index in [4.69, 9.17) is 9.47 Å². The van der Waals surface area contributed by atoms with E-state index >= 15 is 0 Å². The number of nitrogens with one attached hydrogen (secondary N) is 1. The third-order valence-electron chi connectivity index (χ3n) is 5.43. The van der Waals surface area contributed by atoms with Gasteiger partial charge in [-0.15, -0.1) is 0 Å². The summed E-state index contributed by atoms with van der Waals surface area (Å²) in [6.45, 7) is 2.61. The molecule has 0 aromatic heterocycles. The van der Waals surface area contributed by atoms with Crippen molar-refractivity contribution in [2.24, 2.45) is 0 Å². The molecule has 0 fully saturated rings. The van der Waals surface area contributed by atoms with E-state index in [0.29, 0.717) is 29.3 Å². The van der Waals surface area contributed by atoms with Gasteiger partial charge in [0.2, 0.25) is 0 Å². The van der Waals surface area contributed by atoms with Gasteiger partial charge in [-0.1, -0.05) is 29.8 Å². The van der Waals surface area contributed by atoms with E-state index in [-0.39, 0.29) is 10.8 Å². The standard InChI is InChI=1S/C26H30N2O5S2/c1-19-5-7-20(8-6-19)18-34-16-15-27-26(29)21-9-11-22(12-10-21)28(2)35(30,31)23-13-14-24(32-3)25(17-23)33-4/h5-14,17H,15-16,18H2,1-4H3,(H,27,29). The van der Waals surface area contributed by atoms with Crippen LogP contribution in [0.1, 0.15) is 21.5 Å². The van der Waals surface area contributed by atoms with Crippen molar-refractivity contribution in [3.05, 3.63) is 83.4 Å². The van der Waals surface area contributed by atoms with Crippen molar-refractivity contribution in [1.29, 1.82) is 0 Å². The number of anilines is 1. The summed E-state index contributed by atoms with van der Waals surface area (Å²) in [5, 5.41) is 2.91. The zero-order chi connectivity index (χ0) is 25.4. The molecule has 9 heteroatoms. The zero-order valence-corrected chi connectivity index (χ0v) is 21.9. The van der Waals surface area contributed by atoms with Crippen molar-refractivity contribution in [2.45, 2.75) is 17.6 Å². The van der Waals surface area contributed by atoms with Crippen LogP contribution in [0.15, 0.2) is 71.6 Å². The van der Waals surface area contributed by atoms with Gasteiger partial charge in [0.1, 0.15) is 0 Å². The van der Waals surface area contributed by atoms with E-state index in [2.05, 4.69) is 36.5 Å². The number of hydrogen-bond donors (Lipinski definition) is 1. The first-order valence-corrected chi connectivity index (χ1v) is 13.6. The van der Waals surface area contributed by atoms with Crippen LogP contribution in [0, 0.1) is 6.92 Å². The topological polar surface area (TPSA) is 84.9 Å². The van der Waals surface area contributed by atoms with Crippen LogP contribution in [0.5, 0.6) is 11.5 Å². The minimum atomic E-state index is -3.83. The highest BCUT2D eigenvalue weighted by Crippen LogP contribution is 2.31. The quantitative estimate of drug-likeness (QED) is 0.379. The van der Waals surface area contributed by atoms with Gasteiger partial charge < -0.3 is 14.8 Å². The van der Waals surface area contributed by atoms with Crippen molar-refractivity contribution < 1.29 is 22.7 Å².